The van der Waals surface area contributed by atoms with Crippen LogP contribution in [0.25, 0.3) is 0 Å². The van der Waals surface area contributed by atoms with Gasteiger partial charge < -0.3 is 28.6 Å². The summed E-state index contributed by atoms with van der Waals surface area (Å²) in [6, 6.07) is 10.7. The maximum absolute atomic E-state index is 13.6. The monoisotopic (exact) mass is 758 g/mol. The third-order valence-corrected chi connectivity index (χ3v) is 12.0. The van der Waals surface area contributed by atoms with E-state index in [0.29, 0.717) is 36.2 Å². The molecule has 6 rings (SSSR count). The first-order valence-corrected chi connectivity index (χ1v) is 19.7. The Kier molecular flexibility index (Phi) is 11.3. The molecule has 0 saturated heterocycles. The number of halogens is 1. The van der Waals surface area contributed by atoms with Gasteiger partial charge in [0.05, 0.1) is 36.5 Å². The standard InChI is InChI=1S/C38H47ClN2O10S/c1-24(2)20-48-36(44)51-34(42)21-47-32-8-6-16-50-37(3,4)35(43)40-52(45,46)28-11-14-33-31(18-28)41(19-26-9-12-29(26)32)22-38(23-49-33)15-5-7-25-17-27(39)10-13-30(25)38/h6,8,10-11,13-14,17-18,24,26,29,32H,5,7,9,12,15-16,19-23H2,1-4H3,(H,40,43)/b8-6-/t26-,29+,32-,38-/m0/s1. The molecule has 4 aliphatic rings. The van der Waals surface area contributed by atoms with E-state index in [1.54, 1.807) is 24.3 Å². The second-order valence-corrected chi connectivity index (χ2v) is 17.2. The predicted molar refractivity (Wildman–Crippen MR) is 193 cm³/mol. The quantitative estimate of drug-likeness (QED) is 0.227. The van der Waals surface area contributed by atoms with Crippen molar-refractivity contribution >= 4 is 45.3 Å². The Morgan fingerprint density at radius 3 is 2.69 bits per heavy atom. The van der Waals surface area contributed by atoms with E-state index in [2.05, 4.69) is 15.7 Å². The molecule has 2 aromatic rings. The highest BCUT2D eigenvalue weighted by Gasteiger charge is 2.45. The molecule has 2 aliphatic carbocycles. The van der Waals surface area contributed by atoms with Gasteiger partial charge in [-0.15, -0.1) is 0 Å². The van der Waals surface area contributed by atoms with E-state index in [9.17, 15) is 22.8 Å². The zero-order chi connectivity index (χ0) is 37.3. The molecule has 0 aromatic heterocycles. The van der Waals surface area contributed by atoms with E-state index in [1.165, 1.54) is 31.0 Å². The molecule has 2 bridgehead atoms. The smallest absolute Gasteiger partial charge is 0.490 e. The third kappa shape index (κ3) is 8.43. The number of nitrogens with one attached hydrogen (secondary N) is 1. The fourth-order valence-electron chi connectivity index (χ4n) is 7.49. The second-order valence-electron chi connectivity index (χ2n) is 15.1. The summed E-state index contributed by atoms with van der Waals surface area (Å²) in [4.78, 5) is 40.0. The van der Waals surface area contributed by atoms with Gasteiger partial charge in [-0.25, -0.2) is 22.7 Å². The summed E-state index contributed by atoms with van der Waals surface area (Å²) >= 11 is 6.42. The molecule has 14 heteroatoms. The lowest BCUT2D eigenvalue weighted by Gasteiger charge is -2.46. The Labute approximate surface area is 310 Å². The van der Waals surface area contributed by atoms with E-state index in [-0.39, 0.29) is 35.9 Å². The van der Waals surface area contributed by atoms with E-state index in [1.807, 2.05) is 26.0 Å². The number of aryl methyl sites for hydroxylation is 1. The van der Waals surface area contributed by atoms with Crippen LogP contribution in [-0.4, -0.2) is 77.7 Å². The number of fused-ring (bicyclic) bond motifs is 4. The van der Waals surface area contributed by atoms with E-state index in [0.717, 1.165) is 32.1 Å². The maximum atomic E-state index is 13.6. The number of sulfonamides is 1. The second kappa shape index (κ2) is 15.4. The van der Waals surface area contributed by atoms with Crippen LogP contribution in [0.5, 0.6) is 5.75 Å². The number of nitrogens with zero attached hydrogens (tertiary/aromatic N) is 1. The molecule has 4 atom stereocenters. The number of hydrogen-bond acceptors (Lipinski definition) is 11. The average Bonchev–Trinajstić information content (AvgIpc) is 3.22. The Hall–Kier alpha value is -3.65. The molecular formula is C38H47ClN2O10S. The third-order valence-electron chi connectivity index (χ3n) is 10.4. The zero-order valence-corrected chi connectivity index (χ0v) is 31.6. The van der Waals surface area contributed by atoms with Crippen molar-refractivity contribution < 1.29 is 46.5 Å². The van der Waals surface area contributed by atoms with Crippen molar-refractivity contribution in [3.8, 4) is 5.75 Å². The van der Waals surface area contributed by atoms with E-state index < -0.39 is 51.8 Å². The molecule has 1 amide bonds. The Morgan fingerprint density at radius 1 is 1.13 bits per heavy atom. The Bertz CT molecular complexity index is 1830. The molecule has 2 aliphatic heterocycles. The van der Waals surface area contributed by atoms with Gasteiger partial charge >= 0.3 is 12.1 Å². The molecule has 2 aromatic carbocycles. The largest absolute Gasteiger partial charge is 0.516 e. The van der Waals surface area contributed by atoms with Gasteiger partial charge in [-0.3, -0.25) is 4.79 Å². The van der Waals surface area contributed by atoms with Crippen LogP contribution in [0.4, 0.5) is 10.5 Å². The van der Waals surface area contributed by atoms with Crippen molar-refractivity contribution in [2.75, 3.05) is 44.4 Å². The highest BCUT2D eigenvalue weighted by atomic mass is 35.5. The highest BCUT2D eigenvalue weighted by molar-refractivity contribution is 7.90. The van der Waals surface area contributed by atoms with Gasteiger partial charge in [0.2, 0.25) is 0 Å². The number of ether oxygens (including phenoxy) is 5. The fraction of sp³-hybridized carbons (Fsp3) is 0.553. The maximum Gasteiger partial charge on any atom is 0.516 e. The van der Waals surface area contributed by atoms with Crippen LogP contribution in [0, 0.1) is 17.8 Å². The van der Waals surface area contributed by atoms with Gasteiger partial charge in [0, 0.05) is 23.5 Å². The molecule has 0 unspecified atom stereocenters. The van der Waals surface area contributed by atoms with Crippen LogP contribution in [0.1, 0.15) is 64.5 Å². The Balaban J connectivity index is 1.34. The summed E-state index contributed by atoms with van der Waals surface area (Å²) in [6.07, 6.45) is 6.25. The number of rotatable bonds is 5. The number of hydrogen-bond donors (Lipinski definition) is 1. The van der Waals surface area contributed by atoms with Gasteiger partial charge in [0.25, 0.3) is 15.9 Å². The van der Waals surface area contributed by atoms with Crippen molar-refractivity contribution in [2.24, 2.45) is 17.8 Å². The van der Waals surface area contributed by atoms with Gasteiger partial charge in [0.15, 0.2) is 0 Å². The van der Waals surface area contributed by atoms with E-state index in [4.69, 9.17) is 35.3 Å². The summed E-state index contributed by atoms with van der Waals surface area (Å²) in [6.45, 7) is 7.82. The van der Waals surface area contributed by atoms with Crippen LogP contribution in [0.15, 0.2) is 53.4 Å². The minimum Gasteiger partial charge on any atom is -0.490 e. The van der Waals surface area contributed by atoms with Crippen molar-refractivity contribution in [2.45, 2.75) is 81.8 Å². The summed E-state index contributed by atoms with van der Waals surface area (Å²) in [5.41, 5.74) is 1.06. The molecule has 2 heterocycles. The van der Waals surface area contributed by atoms with Crippen LogP contribution < -0.4 is 14.4 Å². The fourth-order valence-corrected chi connectivity index (χ4v) is 8.80. The topological polar surface area (TPSA) is 147 Å². The Morgan fingerprint density at radius 2 is 1.94 bits per heavy atom. The number of esters is 1. The van der Waals surface area contributed by atoms with Gasteiger partial charge in [0.1, 0.15) is 18.0 Å². The highest BCUT2D eigenvalue weighted by Crippen LogP contribution is 2.47. The molecule has 1 fully saturated rings. The molecule has 12 nitrogen and oxygen atoms in total. The normalized spacial score (nSPS) is 27.2. The summed E-state index contributed by atoms with van der Waals surface area (Å²) < 4.78 is 57.7. The van der Waals surface area contributed by atoms with Crippen LogP contribution in [0.2, 0.25) is 5.02 Å². The van der Waals surface area contributed by atoms with Crippen LogP contribution in [0.3, 0.4) is 0 Å². The van der Waals surface area contributed by atoms with Crippen LogP contribution in [-0.2, 0) is 50.4 Å². The lowest BCUT2D eigenvalue weighted by molar-refractivity contribution is -0.148. The SMILES string of the molecule is CC(C)COC(=O)OC(=O)CO[C@H]1/C=C\COC(C)(C)C(=O)NS(=O)(=O)c2ccc3c(c2)N(C[C@@H]2CC[C@H]21)C[C@@]1(CCCc2cc(Cl)ccc21)CO3. The first-order valence-electron chi connectivity index (χ1n) is 17.8. The molecule has 1 N–H and O–H groups in total. The molecule has 52 heavy (non-hydrogen) atoms. The summed E-state index contributed by atoms with van der Waals surface area (Å²) in [7, 11) is -4.27. The number of carbonyl (C=O) groups excluding carboxylic acids is 3. The number of amides is 1. The van der Waals surface area contributed by atoms with Gasteiger partial charge in [-0.1, -0.05) is 43.7 Å². The van der Waals surface area contributed by atoms with Gasteiger partial charge in [-0.05, 0) is 105 Å². The van der Waals surface area contributed by atoms with Gasteiger partial charge in [-0.2, -0.15) is 0 Å². The van der Waals surface area contributed by atoms with Crippen LogP contribution >= 0.6 is 11.6 Å². The molecule has 1 spiro atoms. The average molecular weight is 759 g/mol. The molecular weight excluding hydrogens is 712 g/mol. The summed E-state index contributed by atoms with van der Waals surface area (Å²) in [5, 5.41) is 0.678. The summed E-state index contributed by atoms with van der Waals surface area (Å²) in [5.74, 6) is -1.02. The number of carbonyl (C=O) groups is 3. The van der Waals surface area contributed by atoms with Crippen molar-refractivity contribution in [3.05, 3.63) is 64.7 Å². The number of anilines is 1. The molecule has 1 saturated carbocycles. The molecule has 0 radical (unpaired) electrons. The zero-order valence-electron chi connectivity index (χ0n) is 30.0. The van der Waals surface area contributed by atoms with E-state index >= 15 is 0 Å². The molecule has 282 valence electrons. The minimum absolute atomic E-state index is 0.0298. The van der Waals surface area contributed by atoms with Crippen molar-refractivity contribution in [1.82, 2.24) is 4.72 Å². The predicted octanol–water partition coefficient (Wildman–Crippen LogP) is 5.73. The number of benzene rings is 2. The van der Waals surface area contributed by atoms with Crippen molar-refractivity contribution in [3.63, 3.8) is 0 Å². The first kappa shape index (κ1) is 38.1. The lowest BCUT2D eigenvalue weighted by Crippen LogP contribution is -2.50. The first-order chi connectivity index (χ1) is 24.7. The minimum atomic E-state index is -4.27. The van der Waals surface area contributed by atoms with Crippen molar-refractivity contribution in [1.29, 1.82) is 0 Å². The lowest BCUT2D eigenvalue weighted by atomic mass is 9.68.